The van der Waals surface area contributed by atoms with Gasteiger partial charge in [-0.25, -0.2) is 4.79 Å². The van der Waals surface area contributed by atoms with E-state index in [-0.39, 0.29) is 24.9 Å². The fourth-order valence-electron chi connectivity index (χ4n) is 1.74. The molecule has 1 aromatic carbocycles. The first-order valence-electron chi connectivity index (χ1n) is 7.19. The van der Waals surface area contributed by atoms with Crippen LogP contribution in [0.15, 0.2) is 24.3 Å². The van der Waals surface area contributed by atoms with Crippen LogP contribution in [0.2, 0.25) is 5.02 Å². The number of alkyl carbamates (subject to hydrolysis) is 1. The van der Waals surface area contributed by atoms with Crippen LogP contribution in [0, 0.1) is 0 Å². The number of nitrogens with one attached hydrogen (secondary N) is 2. The van der Waals surface area contributed by atoms with Crippen molar-refractivity contribution >= 4 is 23.6 Å². The molecule has 0 spiro atoms. The molecule has 6 heteroatoms. The van der Waals surface area contributed by atoms with Crippen LogP contribution in [0.5, 0.6) is 0 Å². The van der Waals surface area contributed by atoms with Crippen molar-refractivity contribution in [3.05, 3.63) is 34.9 Å². The summed E-state index contributed by atoms with van der Waals surface area (Å²) < 4.78 is 5.09. The zero-order chi connectivity index (χ0) is 16.8. The zero-order valence-corrected chi connectivity index (χ0v) is 14.2. The van der Waals surface area contributed by atoms with Crippen molar-refractivity contribution in [3.8, 4) is 0 Å². The summed E-state index contributed by atoms with van der Waals surface area (Å²) in [6.07, 6.45) is -0.331. The Morgan fingerprint density at radius 2 is 1.82 bits per heavy atom. The van der Waals surface area contributed by atoms with Gasteiger partial charge in [-0.2, -0.15) is 0 Å². The van der Waals surface area contributed by atoms with Crippen LogP contribution in [-0.4, -0.2) is 24.1 Å². The molecule has 122 valence electrons. The second-order valence-corrected chi connectivity index (χ2v) is 6.46. The van der Waals surface area contributed by atoms with Crippen LogP contribution in [0.3, 0.4) is 0 Å². The highest BCUT2D eigenvalue weighted by atomic mass is 35.5. The van der Waals surface area contributed by atoms with E-state index in [1.807, 2.05) is 19.1 Å². The highest BCUT2D eigenvalue weighted by Crippen LogP contribution is 2.16. The largest absolute Gasteiger partial charge is 0.444 e. The van der Waals surface area contributed by atoms with Crippen LogP contribution in [0.1, 0.15) is 45.7 Å². The number of carbonyl (C=O) groups is 2. The number of amides is 2. The summed E-state index contributed by atoms with van der Waals surface area (Å²) in [6.45, 7) is 7.48. The van der Waals surface area contributed by atoms with Gasteiger partial charge in [-0.1, -0.05) is 23.7 Å². The molecule has 2 amide bonds. The molecule has 1 atom stereocenters. The lowest BCUT2D eigenvalue weighted by molar-refractivity contribution is -0.121. The van der Waals surface area contributed by atoms with Gasteiger partial charge in [0, 0.05) is 18.0 Å². The molecule has 0 aliphatic heterocycles. The summed E-state index contributed by atoms with van der Waals surface area (Å²) in [7, 11) is 0. The molecule has 0 saturated carbocycles. The Labute approximate surface area is 136 Å². The molecular formula is C16H23ClN2O3. The number of rotatable bonds is 5. The molecule has 0 aliphatic rings. The molecule has 0 unspecified atom stereocenters. The number of carbonyl (C=O) groups excluding carboxylic acids is 2. The third-order valence-electron chi connectivity index (χ3n) is 2.77. The summed E-state index contributed by atoms with van der Waals surface area (Å²) in [5.74, 6) is -0.140. The standard InChI is InChI=1S/C16H23ClN2O3/c1-11(12-5-7-13(17)8-6-12)19-14(20)9-10-18-15(21)22-16(2,3)4/h5-8,11H,9-10H2,1-4H3,(H,18,21)(H,19,20)/t11-/m0/s1. The molecule has 0 bridgehead atoms. The van der Waals surface area contributed by atoms with Gasteiger partial charge in [0.15, 0.2) is 0 Å². The number of ether oxygens (including phenoxy) is 1. The van der Waals surface area contributed by atoms with E-state index in [1.165, 1.54) is 0 Å². The second-order valence-electron chi connectivity index (χ2n) is 6.02. The summed E-state index contributed by atoms with van der Waals surface area (Å²) in [5.41, 5.74) is 0.424. The van der Waals surface area contributed by atoms with Crippen LogP contribution in [0.4, 0.5) is 4.79 Å². The predicted molar refractivity (Wildman–Crippen MR) is 86.9 cm³/mol. The summed E-state index contributed by atoms with van der Waals surface area (Å²) in [6, 6.07) is 7.18. The highest BCUT2D eigenvalue weighted by molar-refractivity contribution is 6.30. The lowest BCUT2D eigenvalue weighted by Crippen LogP contribution is -2.35. The first-order chi connectivity index (χ1) is 10.2. The molecule has 22 heavy (non-hydrogen) atoms. The minimum Gasteiger partial charge on any atom is -0.444 e. The molecule has 0 saturated heterocycles. The highest BCUT2D eigenvalue weighted by Gasteiger charge is 2.16. The van der Waals surface area contributed by atoms with Crippen molar-refractivity contribution in [3.63, 3.8) is 0 Å². The van der Waals surface area contributed by atoms with Gasteiger partial charge in [-0.3, -0.25) is 4.79 Å². The summed E-state index contributed by atoms with van der Waals surface area (Å²) in [5, 5.41) is 6.07. The van der Waals surface area contributed by atoms with Crippen LogP contribution in [0.25, 0.3) is 0 Å². The second kappa shape index (κ2) is 8.03. The van der Waals surface area contributed by atoms with E-state index < -0.39 is 11.7 Å². The Bertz CT molecular complexity index is 509. The van der Waals surface area contributed by atoms with Gasteiger partial charge in [0.25, 0.3) is 0 Å². The monoisotopic (exact) mass is 326 g/mol. The van der Waals surface area contributed by atoms with E-state index in [0.29, 0.717) is 5.02 Å². The van der Waals surface area contributed by atoms with Gasteiger partial charge in [0.2, 0.25) is 5.91 Å². The average molecular weight is 327 g/mol. The van der Waals surface area contributed by atoms with Gasteiger partial charge in [-0.15, -0.1) is 0 Å². The van der Waals surface area contributed by atoms with Crippen molar-refractivity contribution in [2.45, 2.75) is 45.8 Å². The summed E-state index contributed by atoms with van der Waals surface area (Å²) >= 11 is 5.83. The van der Waals surface area contributed by atoms with Crippen molar-refractivity contribution in [1.29, 1.82) is 0 Å². The fraction of sp³-hybridized carbons (Fsp3) is 0.500. The van der Waals surface area contributed by atoms with Crippen molar-refractivity contribution in [2.75, 3.05) is 6.54 Å². The number of hydrogen-bond donors (Lipinski definition) is 2. The molecule has 0 heterocycles. The fourth-order valence-corrected chi connectivity index (χ4v) is 1.87. The van der Waals surface area contributed by atoms with Gasteiger partial charge in [0.1, 0.15) is 5.60 Å². The molecule has 2 N–H and O–H groups in total. The predicted octanol–water partition coefficient (Wildman–Crippen LogP) is 3.43. The molecule has 1 rings (SSSR count). The minimum atomic E-state index is -0.546. The summed E-state index contributed by atoms with van der Waals surface area (Å²) in [4.78, 5) is 23.3. The van der Waals surface area contributed by atoms with Gasteiger partial charge in [-0.05, 0) is 45.4 Å². The van der Waals surface area contributed by atoms with Gasteiger partial charge < -0.3 is 15.4 Å². The maximum atomic E-state index is 11.8. The molecular weight excluding hydrogens is 304 g/mol. The van der Waals surface area contributed by atoms with Crippen LogP contribution in [-0.2, 0) is 9.53 Å². The smallest absolute Gasteiger partial charge is 0.407 e. The molecule has 5 nitrogen and oxygen atoms in total. The van der Waals surface area contributed by atoms with Gasteiger partial charge >= 0.3 is 6.09 Å². The Balaban J connectivity index is 2.31. The first-order valence-corrected chi connectivity index (χ1v) is 7.57. The van der Waals surface area contributed by atoms with Crippen LogP contribution < -0.4 is 10.6 Å². The lowest BCUT2D eigenvalue weighted by atomic mass is 10.1. The topological polar surface area (TPSA) is 67.4 Å². The molecule has 0 fully saturated rings. The quantitative estimate of drug-likeness (QED) is 0.871. The van der Waals surface area contributed by atoms with Crippen molar-refractivity contribution in [2.24, 2.45) is 0 Å². The van der Waals surface area contributed by atoms with E-state index in [2.05, 4.69) is 10.6 Å². The zero-order valence-electron chi connectivity index (χ0n) is 13.4. The van der Waals surface area contributed by atoms with E-state index >= 15 is 0 Å². The average Bonchev–Trinajstić information content (AvgIpc) is 2.37. The lowest BCUT2D eigenvalue weighted by Gasteiger charge is -2.19. The Hall–Kier alpha value is -1.75. The molecule has 0 radical (unpaired) electrons. The van der Waals surface area contributed by atoms with Gasteiger partial charge in [0.05, 0.1) is 6.04 Å². The van der Waals surface area contributed by atoms with Crippen molar-refractivity contribution in [1.82, 2.24) is 10.6 Å². The first kappa shape index (κ1) is 18.3. The van der Waals surface area contributed by atoms with Crippen molar-refractivity contribution < 1.29 is 14.3 Å². The minimum absolute atomic E-state index is 0.119. The Kier molecular flexibility index (Phi) is 6.68. The third kappa shape index (κ3) is 7.31. The van der Waals surface area contributed by atoms with E-state index in [9.17, 15) is 9.59 Å². The van der Waals surface area contributed by atoms with E-state index in [4.69, 9.17) is 16.3 Å². The van der Waals surface area contributed by atoms with E-state index in [1.54, 1.807) is 32.9 Å². The van der Waals surface area contributed by atoms with Crippen LogP contribution >= 0.6 is 11.6 Å². The number of hydrogen-bond acceptors (Lipinski definition) is 3. The normalized spacial score (nSPS) is 12.4. The molecule has 0 aliphatic carbocycles. The SMILES string of the molecule is C[C@H](NC(=O)CCNC(=O)OC(C)(C)C)c1ccc(Cl)cc1. The number of halogens is 1. The molecule has 1 aromatic rings. The Morgan fingerprint density at radius 1 is 1.23 bits per heavy atom. The number of benzene rings is 1. The maximum absolute atomic E-state index is 11.8. The maximum Gasteiger partial charge on any atom is 0.407 e. The molecule has 0 aromatic heterocycles. The van der Waals surface area contributed by atoms with E-state index in [0.717, 1.165) is 5.56 Å². The Morgan fingerprint density at radius 3 is 2.36 bits per heavy atom. The third-order valence-corrected chi connectivity index (χ3v) is 3.02.